The molecule has 21 heavy (non-hydrogen) atoms. The van der Waals surface area contributed by atoms with Crippen LogP contribution in [0.3, 0.4) is 0 Å². The van der Waals surface area contributed by atoms with E-state index in [0.29, 0.717) is 6.42 Å². The maximum atomic E-state index is 12.1. The van der Waals surface area contributed by atoms with Crippen LogP contribution in [0, 0.1) is 0 Å². The van der Waals surface area contributed by atoms with Crippen LogP contribution in [0.15, 0.2) is 24.3 Å². The fraction of sp³-hybridized carbons (Fsp3) is 0.562. The Labute approximate surface area is 126 Å². The van der Waals surface area contributed by atoms with E-state index in [1.54, 1.807) is 7.11 Å². The number of benzene rings is 1. The molecule has 2 N–H and O–H groups in total. The molecule has 1 atom stereocenters. The first-order valence-corrected chi connectivity index (χ1v) is 7.57. The van der Waals surface area contributed by atoms with Gasteiger partial charge in [0.1, 0.15) is 5.75 Å². The predicted molar refractivity (Wildman–Crippen MR) is 84.7 cm³/mol. The van der Waals surface area contributed by atoms with Gasteiger partial charge in [-0.2, -0.15) is 0 Å². The largest absolute Gasteiger partial charge is 0.495 e. The topological polar surface area (TPSA) is 58.8 Å². The minimum absolute atomic E-state index is 0.0234. The molecular weight excluding hydrogens is 266 g/mol. The molecule has 2 rings (SSSR count). The quantitative estimate of drug-likeness (QED) is 0.892. The number of rotatable bonds is 5. The standard InChI is InChI=1S/C16H25N3O2/c1-3-13(17)12-16(20)19-10-8-18(9-11-19)14-6-4-5-7-15(14)21-2/h4-7,13H,3,8-12,17H2,1-2H3. The molecule has 0 spiro atoms. The number of nitrogens with two attached hydrogens (primary N) is 1. The van der Waals surface area contributed by atoms with Crippen molar-refractivity contribution < 1.29 is 9.53 Å². The van der Waals surface area contributed by atoms with Gasteiger partial charge >= 0.3 is 0 Å². The average Bonchev–Trinajstić information content (AvgIpc) is 2.54. The molecule has 116 valence electrons. The van der Waals surface area contributed by atoms with E-state index in [1.165, 1.54) is 0 Å². The lowest BCUT2D eigenvalue weighted by Crippen LogP contribution is -2.49. The lowest BCUT2D eigenvalue weighted by atomic mass is 10.1. The van der Waals surface area contributed by atoms with Crippen molar-refractivity contribution in [3.63, 3.8) is 0 Å². The normalized spacial score (nSPS) is 16.7. The van der Waals surface area contributed by atoms with Gasteiger partial charge in [0.15, 0.2) is 0 Å². The highest BCUT2D eigenvalue weighted by Crippen LogP contribution is 2.28. The summed E-state index contributed by atoms with van der Waals surface area (Å²) in [5, 5.41) is 0. The smallest absolute Gasteiger partial charge is 0.224 e. The van der Waals surface area contributed by atoms with Crippen molar-refractivity contribution in [2.45, 2.75) is 25.8 Å². The van der Waals surface area contributed by atoms with Crippen LogP contribution in [0.4, 0.5) is 5.69 Å². The summed E-state index contributed by atoms with van der Waals surface area (Å²) in [5.41, 5.74) is 6.96. The van der Waals surface area contributed by atoms with Gasteiger partial charge < -0.3 is 20.3 Å². The van der Waals surface area contributed by atoms with Crippen LogP contribution in [0.2, 0.25) is 0 Å². The Balaban J connectivity index is 1.92. The molecule has 5 nitrogen and oxygen atoms in total. The Hall–Kier alpha value is -1.75. The summed E-state index contributed by atoms with van der Waals surface area (Å²) in [4.78, 5) is 16.3. The number of nitrogens with zero attached hydrogens (tertiary/aromatic N) is 2. The minimum atomic E-state index is -0.0234. The number of hydrogen-bond donors (Lipinski definition) is 1. The maximum absolute atomic E-state index is 12.1. The van der Waals surface area contributed by atoms with Crippen molar-refractivity contribution in [3.05, 3.63) is 24.3 Å². The highest BCUT2D eigenvalue weighted by atomic mass is 16.5. The number of methoxy groups -OCH3 is 1. The Kier molecular flexibility index (Phi) is 5.44. The molecule has 0 aliphatic carbocycles. The third kappa shape index (κ3) is 3.88. The first kappa shape index (κ1) is 15.6. The number of amides is 1. The zero-order valence-electron chi connectivity index (χ0n) is 12.9. The summed E-state index contributed by atoms with van der Waals surface area (Å²) in [5.74, 6) is 1.05. The van der Waals surface area contributed by atoms with Crippen LogP contribution >= 0.6 is 0 Å². The maximum Gasteiger partial charge on any atom is 0.224 e. The van der Waals surface area contributed by atoms with Gasteiger partial charge in [-0.1, -0.05) is 19.1 Å². The van der Waals surface area contributed by atoms with E-state index in [1.807, 2.05) is 30.0 Å². The minimum Gasteiger partial charge on any atom is -0.495 e. The zero-order chi connectivity index (χ0) is 15.2. The number of ether oxygens (including phenoxy) is 1. The summed E-state index contributed by atoms with van der Waals surface area (Å²) in [6.07, 6.45) is 1.29. The highest BCUT2D eigenvalue weighted by Gasteiger charge is 2.23. The van der Waals surface area contributed by atoms with Crippen LogP contribution in [0.1, 0.15) is 19.8 Å². The molecule has 1 amide bonds. The number of hydrogen-bond acceptors (Lipinski definition) is 4. The van der Waals surface area contributed by atoms with Crippen molar-refractivity contribution >= 4 is 11.6 Å². The Morgan fingerprint density at radius 3 is 2.57 bits per heavy atom. The molecule has 1 unspecified atom stereocenters. The van der Waals surface area contributed by atoms with E-state index in [-0.39, 0.29) is 11.9 Å². The molecule has 0 radical (unpaired) electrons. The second-order valence-electron chi connectivity index (χ2n) is 5.41. The number of carbonyl (C=O) groups excluding carboxylic acids is 1. The van der Waals surface area contributed by atoms with Gasteiger partial charge in [0.2, 0.25) is 5.91 Å². The zero-order valence-corrected chi connectivity index (χ0v) is 12.9. The molecule has 1 aliphatic heterocycles. The molecular formula is C16H25N3O2. The van der Waals surface area contributed by atoms with E-state index < -0.39 is 0 Å². The second kappa shape index (κ2) is 7.31. The van der Waals surface area contributed by atoms with Gasteiger partial charge in [-0.25, -0.2) is 0 Å². The predicted octanol–water partition coefficient (Wildman–Crippen LogP) is 1.47. The molecule has 1 aliphatic rings. The van der Waals surface area contributed by atoms with Gasteiger partial charge in [0, 0.05) is 38.6 Å². The van der Waals surface area contributed by atoms with E-state index in [0.717, 1.165) is 44.0 Å². The van der Waals surface area contributed by atoms with Crippen LogP contribution in [0.25, 0.3) is 0 Å². The van der Waals surface area contributed by atoms with Crippen LogP contribution in [-0.4, -0.2) is 50.1 Å². The van der Waals surface area contributed by atoms with Crippen LogP contribution < -0.4 is 15.4 Å². The summed E-state index contributed by atoms with van der Waals surface area (Å²) < 4.78 is 5.40. The van der Waals surface area contributed by atoms with E-state index in [2.05, 4.69) is 11.0 Å². The fourth-order valence-electron chi connectivity index (χ4n) is 2.59. The summed E-state index contributed by atoms with van der Waals surface area (Å²) >= 11 is 0. The van der Waals surface area contributed by atoms with Crippen molar-refractivity contribution in [1.29, 1.82) is 0 Å². The summed E-state index contributed by atoms with van der Waals surface area (Å²) in [7, 11) is 1.69. The summed E-state index contributed by atoms with van der Waals surface area (Å²) in [6.45, 7) is 5.15. The fourth-order valence-corrected chi connectivity index (χ4v) is 2.59. The third-order valence-electron chi connectivity index (χ3n) is 4.02. The number of anilines is 1. The first-order valence-electron chi connectivity index (χ1n) is 7.57. The van der Waals surface area contributed by atoms with Gasteiger partial charge in [0.25, 0.3) is 0 Å². The number of piperazine rings is 1. The molecule has 1 saturated heterocycles. The van der Waals surface area contributed by atoms with Crippen molar-refractivity contribution in [2.75, 3.05) is 38.2 Å². The highest BCUT2D eigenvalue weighted by molar-refractivity contribution is 5.77. The van der Waals surface area contributed by atoms with Crippen LogP contribution in [-0.2, 0) is 4.79 Å². The molecule has 1 aromatic rings. The van der Waals surface area contributed by atoms with Gasteiger partial charge in [-0.3, -0.25) is 4.79 Å². The van der Waals surface area contributed by atoms with E-state index in [4.69, 9.17) is 10.5 Å². The molecule has 0 saturated carbocycles. The molecule has 1 fully saturated rings. The van der Waals surface area contributed by atoms with Crippen molar-refractivity contribution in [1.82, 2.24) is 4.90 Å². The lowest BCUT2D eigenvalue weighted by molar-refractivity contribution is -0.131. The Morgan fingerprint density at radius 1 is 1.29 bits per heavy atom. The first-order chi connectivity index (χ1) is 10.2. The number of para-hydroxylation sites is 2. The van der Waals surface area contributed by atoms with Crippen LogP contribution in [0.5, 0.6) is 5.75 Å². The van der Waals surface area contributed by atoms with E-state index in [9.17, 15) is 4.79 Å². The molecule has 1 heterocycles. The average molecular weight is 291 g/mol. The van der Waals surface area contributed by atoms with Gasteiger partial charge in [-0.15, -0.1) is 0 Å². The third-order valence-corrected chi connectivity index (χ3v) is 4.02. The molecule has 0 bridgehead atoms. The Morgan fingerprint density at radius 2 is 1.95 bits per heavy atom. The number of carbonyl (C=O) groups is 1. The Bertz CT molecular complexity index is 470. The van der Waals surface area contributed by atoms with Gasteiger partial charge in [-0.05, 0) is 18.6 Å². The lowest BCUT2D eigenvalue weighted by Gasteiger charge is -2.37. The second-order valence-corrected chi connectivity index (χ2v) is 5.41. The van der Waals surface area contributed by atoms with Crippen molar-refractivity contribution in [3.8, 4) is 5.75 Å². The summed E-state index contributed by atoms with van der Waals surface area (Å²) in [6, 6.07) is 7.98. The monoisotopic (exact) mass is 291 g/mol. The molecule has 5 heteroatoms. The van der Waals surface area contributed by atoms with Gasteiger partial charge in [0.05, 0.1) is 12.8 Å². The SMILES string of the molecule is CCC(N)CC(=O)N1CCN(c2ccccc2OC)CC1. The van der Waals surface area contributed by atoms with Crippen molar-refractivity contribution in [2.24, 2.45) is 5.73 Å². The molecule has 1 aromatic carbocycles. The van der Waals surface area contributed by atoms with E-state index >= 15 is 0 Å². The molecule has 0 aromatic heterocycles.